The molecule has 0 radical (unpaired) electrons. The molecule has 0 bridgehead atoms. The minimum Gasteiger partial charge on any atom is -0.465 e. The van der Waals surface area contributed by atoms with Crippen LogP contribution < -0.4 is 11.6 Å². The lowest BCUT2D eigenvalue weighted by Crippen LogP contribution is -2.48. The average Bonchev–Trinajstić information content (AvgIpc) is 2.94. The van der Waals surface area contributed by atoms with E-state index < -0.39 is 33.5 Å². The number of amides is 1. The van der Waals surface area contributed by atoms with E-state index >= 15 is 0 Å². The molecule has 4 aromatic rings. The van der Waals surface area contributed by atoms with Crippen LogP contribution in [0, 0.1) is 11.8 Å². The van der Waals surface area contributed by atoms with E-state index in [-0.39, 0.29) is 17.1 Å². The number of hydrogen-bond acceptors (Lipinski definition) is 8. The molecule has 0 saturated carbocycles. The fraction of sp³-hybridized carbons (Fsp3) is 0.138. The smallest absolute Gasteiger partial charge is 0.326 e. The van der Waals surface area contributed by atoms with Gasteiger partial charge in [-0.3, -0.25) is 14.6 Å². The van der Waals surface area contributed by atoms with Gasteiger partial charge in [-0.2, -0.15) is 0 Å². The second kappa shape index (κ2) is 11.8. The van der Waals surface area contributed by atoms with Crippen molar-refractivity contribution in [2.75, 3.05) is 18.9 Å². The van der Waals surface area contributed by atoms with Crippen LogP contribution in [-0.4, -0.2) is 48.7 Å². The number of ether oxygens (including phenoxy) is 1. The van der Waals surface area contributed by atoms with Gasteiger partial charge in [0.1, 0.15) is 11.5 Å². The number of hydrogen-bond donors (Lipinski definition) is 2. The number of nitrogens with two attached hydrogens (primary N) is 2. The molecule has 1 atom stereocenters. The Morgan fingerprint density at radius 2 is 1.64 bits per heavy atom. The van der Waals surface area contributed by atoms with E-state index in [1.165, 1.54) is 36.4 Å². The van der Waals surface area contributed by atoms with E-state index in [1.54, 1.807) is 31.2 Å². The van der Waals surface area contributed by atoms with Crippen molar-refractivity contribution in [1.29, 1.82) is 0 Å². The molecular weight excluding hydrogens is 516 g/mol. The molecule has 0 aliphatic carbocycles. The second-order valence-electron chi connectivity index (χ2n) is 8.50. The molecule has 0 unspecified atom stereocenters. The van der Waals surface area contributed by atoms with Gasteiger partial charge >= 0.3 is 5.97 Å². The molecular formula is C29H26N4O5S. The first-order valence-electron chi connectivity index (χ1n) is 12.0. The quantitative estimate of drug-likeness (QED) is 0.119. The van der Waals surface area contributed by atoms with Crippen LogP contribution in [0.4, 0.5) is 5.82 Å². The molecule has 1 aromatic heterocycles. The summed E-state index contributed by atoms with van der Waals surface area (Å²) in [4.78, 5) is 29.8. The van der Waals surface area contributed by atoms with Gasteiger partial charge in [0, 0.05) is 16.5 Å². The Kier molecular flexibility index (Phi) is 8.24. The van der Waals surface area contributed by atoms with Crippen LogP contribution in [0.25, 0.3) is 10.8 Å². The van der Waals surface area contributed by atoms with Crippen molar-refractivity contribution < 1.29 is 22.7 Å². The van der Waals surface area contributed by atoms with Gasteiger partial charge in [0.2, 0.25) is 0 Å². The summed E-state index contributed by atoms with van der Waals surface area (Å²) >= 11 is 0. The number of pyridine rings is 1. The molecule has 0 aliphatic rings. The number of carbonyl (C=O) groups is 2. The van der Waals surface area contributed by atoms with Gasteiger partial charge in [-0.25, -0.2) is 19.2 Å². The van der Waals surface area contributed by atoms with E-state index in [0.29, 0.717) is 22.1 Å². The van der Waals surface area contributed by atoms with Gasteiger partial charge in [0.25, 0.3) is 5.91 Å². The summed E-state index contributed by atoms with van der Waals surface area (Å²) in [6.07, 6.45) is 0. The lowest BCUT2D eigenvalue weighted by atomic mass is 10.1. The summed E-state index contributed by atoms with van der Waals surface area (Å²) in [6, 6.07) is 23.2. The number of hydrazine groups is 1. The topological polar surface area (TPSA) is 146 Å². The zero-order valence-electron chi connectivity index (χ0n) is 21.1. The third kappa shape index (κ3) is 6.23. The standard InChI is InChI=1S/C29H26N4O5S/c1-2-38-29(35)26(39(36,37)23-9-4-3-5-10-23)19-33(31)28(34)21-15-12-20(13-16-21)14-17-25-24-11-7-6-8-22(24)18-27(30)32-25/h3-13,15-16,18,26H,2,19,31H2,1H3,(H2,30,32)/t26-/m0/s1. The minimum atomic E-state index is -4.17. The molecule has 4 rings (SSSR count). The van der Waals surface area contributed by atoms with Crippen LogP contribution in [-0.2, 0) is 19.4 Å². The van der Waals surface area contributed by atoms with Crippen molar-refractivity contribution in [3.8, 4) is 11.8 Å². The zero-order valence-corrected chi connectivity index (χ0v) is 21.9. The third-order valence-electron chi connectivity index (χ3n) is 5.84. The van der Waals surface area contributed by atoms with Gasteiger partial charge in [-0.05, 0) is 60.7 Å². The number of nitrogens with zero attached hydrogens (tertiary/aromatic N) is 2. The molecule has 1 heterocycles. The normalized spacial score (nSPS) is 11.7. The molecule has 3 aromatic carbocycles. The maximum Gasteiger partial charge on any atom is 0.326 e. The van der Waals surface area contributed by atoms with E-state index in [0.717, 1.165) is 10.8 Å². The molecule has 0 spiro atoms. The number of rotatable bonds is 7. The van der Waals surface area contributed by atoms with Crippen molar-refractivity contribution in [3.63, 3.8) is 0 Å². The second-order valence-corrected chi connectivity index (χ2v) is 10.6. The summed E-state index contributed by atoms with van der Waals surface area (Å²) in [6.45, 7) is 0.942. The minimum absolute atomic E-state index is 0.0262. The van der Waals surface area contributed by atoms with Gasteiger partial charge in [0.05, 0.1) is 18.0 Å². The van der Waals surface area contributed by atoms with E-state index in [2.05, 4.69) is 16.8 Å². The van der Waals surface area contributed by atoms with E-state index in [4.69, 9.17) is 16.3 Å². The number of esters is 1. The Morgan fingerprint density at radius 1 is 0.974 bits per heavy atom. The highest BCUT2D eigenvalue weighted by Crippen LogP contribution is 2.20. The van der Waals surface area contributed by atoms with Gasteiger partial charge < -0.3 is 10.5 Å². The highest BCUT2D eigenvalue weighted by atomic mass is 32.2. The Balaban J connectivity index is 1.53. The molecule has 198 valence electrons. The Bertz CT molecular complexity index is 1680. The van der Waals surface area contributed by atoms with Gasteiger partial charge in [-0.15, -0.1) is 0 Å². The molecule has 0 fully saturated rings. The van der Waals surface area contributed by atoms with Crippen molar-refractivity contribution >= 4 is 38.3 Å². The number of aromatic nitrogens is 1. The summed E-state index contributed by atoms with van der Waals surface area (Å²) in [5.74, 6) is 10.7. The van der Waals surface area contributed by atoms with Crippen molar-refractivity contribution in [2.24, 2.45) is 5.84 Å². The summed E-state index contributed by atoms with van der Waals surface area (Å²) in [7, 11) is -4.17. The summed E-state index contributed by atoms with van der Waals surface area (Å²) in [5.41, 5.74) is 7.24. The number of sulfone groups is 1. The number of nitrogen functional groups attached to an aromatic ring is 1. The van der Waals surface area contributed by atoms with Crippen molar-refractivity contribution in [1.82, 2.24) is 9.99 Å². The maximum atomic E-state index is 13.2. The highest BCUT2D eigenvalue weighted by molar-refractivity contribution is 7.92. The Hall–Kier alpha value is -4.72. The van der Waals surface area contributed by atoms with E-state index in [9.17, 15) is 18.0 Å². The predicted octanol–water partition coefficient (Wildman–Crippen LogP) is 2.94. The molecule has 0 aliphatic heterocycles. The number of anilines is 1. The van der Waals surface area contributed by atoms with Gasteiger partial charge in [-0.1, -0.05) is 48.4 Å². The Morgan fingerprint density at radius 3 is 2.33 bits per heavy atom. The largest absolute Gasteiger partial charge is 0.465 e. The van der Waals surface area contributed by atoms with Crippen molar-refractivity contribution in [2.45, 2.75) is 17.1 Å². The monoisotopic (exact) mass is 542 g/mol. The van der Waals surface area contributed by atoms with Crippen LogP contribution in [0.2, 0.25) is 0 Å². The van der Waals surface area contributed by atoms with Gasteiger partial charge in [0.15, 0.2) is 15.1 Å². The summed E-state index contributed by atoms with van der Waals surface area (Å²) < 4.78 is 31.3. The lowest BCUT2D eigenvalue weighted by molar-refractivity contribution is -0.142. The average molecular weight is 543 g/mol. The Labute approximate surface area is 226 Å². The van der Waals surface area contributed by atoms with Crippen LogP contribution in [0.3, 0.4) is 0 Å². The van der Waals surface area contributed by atoms with Crippen molar-refractivity contribution in [3.05, 3.63) is 102 Å². The fourth-order valence-electron chi connectivity index (χ4n) is 3.88. The molecule has 4 N–H and O–H groups in total. The lowest BCUT2D eigenvalue weighted by Gasteiger charge is -2.23. The fourth-order valence-corrected chi connectivity index (χ4v) is 5.42. The molecule has 0 saturated heterocycles. The van der Waals surface area contributed by atoms with Crippen LogP contribution in [0.5, 0.6) is 0 Å². The molecule has 9 nitrogen and oxygen atoms in total. The zero-order chi connectivity index (χ0) is 28.0. The highest BCUT2D eigenvalue weighted by Gasteiger charge is 2.37. The third-order valence-corrected chi connectivity index (χ3v) is 7.86. The molecule has 10 heteroatoms. The SMILES string of the molecule is CCOC(=O)[C@H](CN(N)C(=O)c1ccc(C#Cc2nc(N)cc3ccccc23)cc1)S(=O)(=O)c1ccccc1. The maximum absolute atomic E-state index is 13.2. The van der Waals surface area contributed by atoms with Crippen LogP contribution in [0.15, 0.2) is 89.8 Å². The predicted molar refractivity (Wildman–Crippen MR) is 148 cm³/mol. The number of carbonyl (C=O) groups excluding carboxylic acids is 2. The van der Waals surface area contributed by atoms with E-state index in [1.807, 2.05) is 24.3 Å². The first-order chi connectivity index (χ1) is 18.7. The number of fused-ring (bicyclic) bond motifs is 1. The summed E-state index contributed by atoms with van der Waals surface area (Å²) in [5, 5.41) is 0.797. The number of benzene rings is 3. The molecule has 39 heavy (non-hydrogen) atoms. The van der Waals surface area contributed by atoms with Crippen LogP contribution >= 0.6 is 0 Å². The molecule has 1 amide bonds. The van der Waals surface area contributed by atoms with Crippen LogP contribution in [0.1, 0.15) is 28.5 Å². The first-order valence-corrected chi connectivity index (χ1v) is 13.5. The first kappa shape index (κ1) is 27.3.